The van der Waals surface area contributed by atoms with Crippen LogP contribution in [0.25, 0.3) is 0 Å². The second kappa shape index (κ2) is 4.78. The summed E-state index contributed by atoms with van der Waals surface area (Å²) in [4.78, 5) is 14.7. The van der Waals surface area contributed by atoms with Crippen LogP contribution in [0.15, 0.2) is 12.1 Å². The van der Waals surface area contributed by atoms with Gasteiger partial charge in [0.1, 0.15) is 6.54 Å². The van der Waals surface area contributed by atoms with Crippen LogP contribution in [0.2, 0.25) is 0 Å². The molecule has 0 atom stereocenters. The molecule has 0 spiro atoms. The van der Waals surface area contributed by atoms with Crippen molar-refractivity contribution in [2.24, 2.45) is 5.92 Å². The summed E-state index contributed by atoms with van der Waals surface area (Å²) in [5, 5.41) is 0. The first-order valence-electron chi connectivity index (χ1n) is 7.18. The smallest absolute Gasteiger partial charge is 0.226 e. The molecule has 3 heteroatoms. The molecule has 4 heterocycles. The van der Waals surface area contributed by atoms with Crippen LogP contribution in [0.3, 0.4) is 0 Å². The molecule has 2 nitrogen and oxygen atoms in total. The van der Waals surface area contributed by atoms with Crippen molar-refractivity contribution in [3.05, 3.63) is 21.9 Å². The summed E-state index contributed by atoms with van der Waals surface area (Å²) in [7, 11) is 0. The number of thiophene rings is 1. The Balaban J connectivity index is 1.70. The van der Waals surface area contributed by atoms with Gasteiger partial charge < -0.3 is 4.48 Å². The fourth-order valence-electron chi connectivity index (χ4n) is 3.48. The summed E-state index contributed by atoms with van der Waals surface area (Å²) in [5.41, 5.74) is 0. The van der Waals surface area contributed by atoms with Crippen LogP contribution in [0.4, 0.5) is 0 Å². The summed E-state index contributed by atoms with van der Waals surface area (Å²) in [6.45, 7) is 6.61. The van der Waals surface area contributed by atoms with E-state index in [1.165, 1.54) is 43.8 Å². The van der Waals surface area contributed by atoms with Gasteiger partial charge in [-0.05, 0) is 43.7 Å². The number of hydrogen-bond donors (Lipinski definition) is 0. The molecule has 0 amide bonds. The van der Waals surface area contributed by atoms with E-state index in [4.69, 9.17) is 0 Å². The number of fused-ring (bicyclic) bond motifs is 3. The Morgan fingerprint density at radius 2 is 1.94 bits per heavy atom. The lowest BCUT2D eigenvalue weighted by molar-refractivity contribution is -0.935. The predicted octanol–water partition coefficient (Wildman–Crippen LogP) is 3.12. The lowest BCUT2D eigenvalue weighted by atomic mass is 9.85. The highest BCUT2D eigenvalue weighted by molar-refractivity contribution is 7.14. The third kappa shape index (κ3) is 2.26. The number of carbonyl (C=O) groups excluding carboxylic acids is 1. The SMILES string of the molecule is CCc1ccc(C(=O)C[N+]23CCC(CC2)CC3)s1. The van der Waals surface area contributed by atoms with Gasteiger partial charge in [0.25, 0.3) is 0 Å². The zero-order valence-corrected chi connectivity index (χ0v) is 12.0. The zero-order chi connectivity index (χ0) is 12.6. The van der Waals surface area contributed by atoms with Gasteiger partial charge in [0.2, 0.25) is 5.78 Å². The standard InChI is InChI=1S/C15H22NOS/c1-2-13-3-4-15(18-13)14(17)11-16-8-5-12(6-9-16)7-10-16/h3-4,12H,2,5-11H2,1H3/q+1. The van der Waals surface area contributed by atoms with Crippen molar-refractivity contribution in [3.8, 4) is 0 Å². The van der Waals surface area contributed by atoms with E-state index in [1.54, 1.807) is 11.3 Å². The maximum absolute atomic E-state index is 12.4. The third-order valence-corrected chi connectivity index (χ3v) is 6.07. The summed E-state index contributed by atoms with van der Waals surface area (Å²) in [6.07, 6.45) is 5.08. The maximum atomic E-state index is 12.4. The lowest BCUT2D eigenvalue weighted by Crippen LogP contribution is -2.60. The Kier molecular flexibility index (Phi) is 3.29. The van der Waals surface area contributed by atoms with Gasteiger partial charge in [0.05, 0.1) is 24.5 Å². The van der Waals surface area contributed by atoms with Gasteiger partial charge >= 0.3 is 0 Å². The first kappa shape index (κ1) is 12.4. The average Bonchev–Trinajstić information content (AvgIpc) is 2.89. The average molecular weight is 264 g/mol. The van der Waals surface area contributed by atoms with E-state index < -0.39 is 0 Å². The van der Waals surface area contributed by atoms with E-state index >= 15 is 0 Å². The molecular formula is C15H22NOS+. The number of nitrogens with zero attached hydrogens (tertiary/aromatic N) is 1. The molecule has 0 radical (unpaired) electrons. The van der Waals surface area contributed by atoms with Crippen molar-refractivity contribution in [1.29, 1.82) is 0 Å². The van der Waals surface area contributed by atoms with Crippen LogP contribution in [0.1, 0.15) is 40.7 Å². The Morgan fingerprint density at radius 3 is 2.50 bits per heavy atom. The van der Waals surface area contributed by atoms with Crippen molar-refractivity contribution in [3.63, 3.8) is 0 Å². The molecule has 3 fully saturated rings. The van der Waals surface area contributed by atoms with Gasteiger partial charge in [-0.2, -0.15) is 0 Å². The molecule has 0 aromatic carbocycles. The van der Waals surface area contributed by atoms with Crippen LogP contribution in [-0.2, 0) is 6.42 Å². The molecule has 1 aromatic rings. The number of ketones is 1. The first-order valence-corrected chi connectivity index (χ1v) is 7.99. The van der Waals surface area contributed by atoms with E-state index in [-0.39, 0.29) is 0 Å². The van der Waals surface area contributed by atoms with Crippen molar-refractivity contribution >= 4 is 17.1 Å². The molecule has 18 heavy (non-hydrogen) atoms. The van der Waals surface area contributed by atoms with Gasteiger partial charge in [-0.1, -0.05) is 6.92 Å². The Morgan fingerprint density at radius 1 is 1.28 bits per heavy atom. The first-order chi connectivity index (χ1) is 8.71. The number of aryl methyl sites for hydroxylation is 1. The van der Waals surface area contributed by atoms with Crippen LogP contribution in [0.5, 0.6) is 0 Å². The number of rotatable bonds is 4. The highest BCUT2D eigenvalue weighted by Crippen LogP contribution is 2.34. The van der Waals surface area contributed by atoms with E-state index in [0.29, 0.717) is 5.78 Å². The second-order valence-corrected chi connectivity index (χ2v) is 7.11. The van der Waals surface area contributed by atoms with E-state index in [1.807, 2.05) is 6.07 Å². The van der Waals surface area contributed by atoms with Crippen molar-refractivity contribution in [1.82, 2.24) is 0 Å². The molecule has 4 rings (SSSR count). The van der Waals surface area contributed by atoms with Crippen molar-refractivity contribution < 1.29 is 9.28 Å². The monoisotopic (exact) mass is 264 g/mol. The number of hydrogen-bond acceptors (Lipinski definition) is 2. The fraction of sp³-hybridized carbons (Fsp3) is 0.667. The van der Waals surface area contributed by atoms with Gasteiger partial charge in [-0.15, -0.1) is 11.3 Å². The number of quaternary nitrogens is 1. The summed E-state index contributed by atoms with van der Waals surface area (Å²) >= 11 is 1.69. The zero-order valence-electron chi connectivity index (χ0n) is 11.2. The Bertz CT molecular complexity index is 429. The van der Waals surface area contributed by atoms with Crippen LogP contribution >= 0.6 is 11.3 Å². The van der Waals surface area contributed by atoms with E-state index in [0.717, 1.165) is 28.2 Å². The highest BCUT2D eigenvalue weighted by Gasteiger charge is 2.41. The molecule has 3 aliphatic rings. The van der Waals surface area contributed by atoms with Gasteiger partial charge in [0, 0.05) is 4.88 Å². The molecule has 2 bridgehead atoms. The molecular weight excluding hydrogens is 242 g/mol. The van der Waals surface area contributed by atoms with Crippen molar-refractivity contribution in [2.45, 2.75) is 32.6 Å². The van der Waals surface area contributed by atoms with E-state index in [9.17, 15) is 4.79 Å². The van der Waals surface area contributed by atoms with Crippen LogP contribution < -0.4 is 0 Å². The summed E-state index contributed by atoms with van der Waals surface area (Å²) < 4.78 is 1.08. The molecule has 0 aliphatic carbocycles. The quantitative estimate of drug-likeness (QED) is 0.603. The minimum Gasteiger partial charge on any atom is -0.317 e. The van der Waals surface area contributed by atoms with Gasteiger partial charge in [-0.3, -0.25) is 4.79 Å². The molecule has 3 aliphatic heterocycles. The Labute approximate surface area is 113 Å². The third-order valence-electron chi connectivity index (χ3n) is 4.80. The minimum atomic E-state index is 0.375. The molecule has 1 aromatic heterocycles. The number of piperidine rings is 3. The fourth-order valence-corrected chi connectivity index (χ4v) is 4.35. The van der Waals surface area contributed by atoms with E-state index in [2.05, 4.69) is 13.0 Å². The number of carbonyl (C=O) groups is 1. The molecule has 0 unspecified atom stereocenters. The molecule has 3 saturated heterocycles. The largest absolute Gasteiger partial charge is 0.317 e. The summed E-state index contributed by atoms with van der Waals surface area (Å²) in [6, 6.07) is 4.14. The lowest BCUT2D eigenvalue weighted by Gasteiger charge is -2.48. The maximum Gasteiger partial charge on any atom is 0.226 e. The van der Waals surface area contributed by atoms with Gasteiger partial charge in [0.15, 0.2) is 0 Å². The van der Waals surface area contributed by atoms with Crippen LogP contribution in [0, 0.1) is 5.92 Å². The molecule has 0 saturated carbocycles. The van der Waals surface area contributed by atoms with Crippen molar-refractivity contribution in [2.75, 3.05) is 26.2 Å². The van der Waals surface area contributed by atoms with Gasteiger partial charge in [-0.25, -0.2) is 0 Å². The Hall–Kier alpha value is -0.670. The minimum absolute atomic E-state index is 0.375. The highest BCUT2D eigenvalue weighted by atomic mass is 32.1. The van der Waals surface area contributed by atoms with Crippen LogP contribution in [-0.4, -0.2) is 36.4 Å². The molecule has 98 valence electrons. The summed E-state index contributed by atoms with van der Waals surface area (Å²) in [5.74, 6) is 1.34. The number of Topliss-reactive ketones (excluding diaryl/α,β-unsaturated/α-hetero) is 1. The second-order valence-electron chi connectivity index (χ2n) is 5.95. The normalized spacial score (nSPS) is 30.6. The molecule has 0 N–H and O–H groups in total. The predicted molar refractivity (Wildman–Crippen MR) is 75.1 cm³/mol. The topological polar surface area (TPSA) is 17.1 Å².